The van der Waals surface area contributed by atoms with Crippen molar-refractivity contribution in [1.29, 1.82) is 0 Å². The van der Waals surface area contributed by atoms with Gasteiger partial charge in [0.15, 0.2) is 12.6 Å². The van der Waals surface area contributed by atoms with E-state index in [9.17, 15) is 0 Å². The smallest absolute Gasteiger partial charge is 0.224 e. The molecule has 3 saturated heterocycles. The largest absolute Gasteiger partial charge is 0.379 e. The molecule has 0 unspecified atom stereocenters. The van der Waals surface area contributed by atoms with Gasteiger partial charge in [-0.15, -0.1) is 0 Å². The molecule has 3 aliphatic rings. The number of methoxy groups -OCH3 is 7. The van der Waals surface area contributed by atoms with Gasteiger partial charge in [0.25, 0.3) is 0 Å². The molecule has 10 atom stereocenters. The summed E-state index contributed by atoms with van der Waals surface area (Å²) < 4.78 is 64.3. The fourth-order valence-corrected chi connectivity index (χ4v) is 4.57. The van der Waals surface area contributed by atoms with Crippen LogP contribution in [0.1, 0.15) is 0 Å². The minimum absolute atomic E-state index is 0.0845. The van der Waals surface area contributed by atoms with E-state index in [-0.39, 0.29) is 13.2 Å². The molecule has 0 aromatic heterocycles. The molecule has 2 bridgehead atoms. The van der Waals surface area contributed by atoms with Gasteiger partial charge >= 0.3 is 0 Å². The van der Waals surface area contributed by atoms with E-state index in [1.165, 1.54) is 0 Å². The lowest BCUT2D eigenvalue weighted by molar-refractivity contribution is -0.452. The zero-order chi connectivity index (χ0) is 21.9. The van der Waals surface area contributed by atoms with E-state index in [0.717, 1.165) is 0 Å². The maximum atomic E-state index is 6.39. The highest BCUT2D eigenvalue weighted by Gasteiger charge is 2.61. The number of ether oxygens (including phenoxy) is 11. The third-order valence-corrected chi connectivity index (χ3v) is 5.93. The van der Waals surface area contributed by atoms with Crippen molar-refractivity contribution < 1.29 is 52.1 Å². The first-order chi connectivity index (χ1) is 14.5. The Bertz CT molecular complexity index is 537. The predicted molar refractivity (Wildman–Crippen MR) is 100.0 cm³/mol. The molecular formula is C19H34O11. The van der Waals surface area contributed by atoms with Crippen LogP contribution in [0.3, 0.4) is 0 Å². The van der Waals surface area contributed by atoms with Gasteiger partial charge in [-0.3, -0.25) is 0 Å². The molecule has 0 aromatic rings. The molecule has 0 saturated carbocycles. The van der Waals surface area contributed by atoms with Crippen molar-refractivity contribution in [3.63, 3.8) is 0 Å². The average Bonchev–Trinajstić information content (AvgIpc) is 2.76. The molecule has 11 nitrogen and oxygen atoms in total. The average molecular weight is 438 g/mol. The number of rotatable bonds is 8. The van der Waals surface area contributed by atoms with Crippen molar-refractivity contribution >= 4 is 0 Å². The Labute approximate surface area is 177 Å². The minimum Gasteiger partial charge on any atom is -0.379 e. The lowest BCUT2D eigenvalue weighted by atomic mass is 9.93. The fourth-order valence-electron chi connectivity index (χ4n) is 4.57. The molecule has 0 N–H and O–H groups in total. The van der Waals surface area contributed by atoms with Crippen LogP contribution in [-0.2, 0) is 52.1 Å². The van der Waals surface area contributed by atoms with Gasteiger partial charge in [-0.1, -0.05) is 0 Å². The van der Waals surface area contributed by atoms with E-state index in [4.69, 9.17) is 52.1 Å². The van der Waals surface area contributed by atoms with Gasteiger partial charge in [-0.25, -0.2) is 0 Å². The van der Waals surface area contributed by atoms with Gasteiger partial charge in [0, 0.05) is 49.8 Å². The van der Waals surface area contributed by atoms with Crippen LogP contribution >= 0.6 is 0 Å². The van der Waals surface area contributed by atoms with Crippen LogP contribution in [0, 0.1) is 0 Å². The molecule has 3 rings (SSSR count). The summed E-state index contributed by atoms with van der Waals surface area (Å²) in [6.07, 6.45) is -5.43. The Hall–Kier alpha value is -0.440. The molecule has 176 valence electrons. The van der Waals surface area contributed by atoms with Crippen LogP contribution in [-0.4, -0.2) is 124 Å². The van der Waals surface area contributed by atoms with Crippen molar-refractivity contribution in [1.82, 2.24) is 0 Å². The summed E-state index contributed by atoms with van der Waals surface area (Å²) in [5.41, 5.74) is 0. The third kappa shape index (κ3) is 4.14. The highest BCUT2D eigenvalue weighted by molar-refractivity contribution is 5.01. The Morgan fingerprint density at radius 3 is 1.93 bits per heavy atom. The molecule has 30 heavy (non-hydrogen) atoms. The molecule has 0 aliphatic carbocycles. The van der Waals surface area contributed by atoms with Crippen molar-refractivity contribution in [2.24, 2.45) is 0 Å². The zero-order valence-electron chi connectivity index (χ0n) is 18.6. The first kappa shape index (κ1) is 24.2. The maximum absolute atomic E-state index is 6.39. The van der Waals surface area contributed by atoms with Crippen LogP contribution in [0.25, 0.3) is 0 Å². The van der Waals surface area contributed by atoms with E-state index in [0.29, 0.717) is 0 Å². The minimum atomic E-state index is -1.29. The van der Waals surface area contributed by atoms with Crippen LogP contribution < -0.4 is 0 Å². The standard InChI is InChI=1S/C19H34O11/c1-20-9-19-16(25-6)13(22-3)15(24-5)18(30-19)29-11-10(8-27-19)28-17(26-7)14(23-4)12(11)21-2/h10-18H,8-9H2,1-7H3/t10-,11-,12+,13-,14-,15+,16+,17+,18+,19-/m1/s1. The van der Waals surface area contributed by atoms with Gasteiger partial charge in [0.1, 0.15) is 49.3 Å². The van der Waals surface area contributed by atoms with Gasteiger partial charge in [0.2, 0.25) is 5.79 Å². The quantitative estimate of drug-likeness (QED) is 0.492. The highest BCUT2D eigenvalue weighted by atomic mass is 16.8. The summed E-state index contributed by atoms with van der Waals surface area (Å²) in [6.45, 7) is 0.200. The third-order valence-electron chi connectivity index (χ3n) is 5.93. The molecule has 11 heteroatoms. The van der Waals surface area contributed by atoms with E-state index in [2.05, 4.69) is 0 Å². The second-order valence-corrected chi connectivity index (χ2v) is 7.38. The summed E-state index contributed by atoms with van der Waals surface area (Å²) >= 11 is 0. The lowest BCUT2D eigenvalue weighted by Gasteiger charge is -2.55. The topological polar surface area (TPSA) is 102 Å². The van der Waals surface area contributed by atoms with E-state index in [1.54, 1.807) is 49.8 Å². The summed E-state index contributed by atoms with van der Waals surface area (Å²) in [5, 5.41) is 0. The van der Waals surface area contributed by atoms with E-state index in [1.807, 2.05) is 0 Å². The molecule has 0 aromatic carbocycles. The summed E-state index contributed by atoms with van der Waals surface area (Å²) in [5.74, 6) is -1.29. The first-order valence-electron chi connectivity index (χ1n) is 9.82. The predicted octanol–water partition coefficient (Wildman–Crippen LogP) is -0.453. The maximum Gasteiger partial charge on any atom is 0.224 e. The van der Waals surface area contributed by atoms with Crippen molar-refractivity contribution in [3.8, 4) is 0 Å². The highest BCUT2D eigenvalue weighted by Crippen LogP contribution is 2.41. The molecule has 0 amide bonds. The number of hydrogen-bond acceptors (Lipinski definition) is 11. The molecule has 3 fully saturated rings. The van der Waals surface area contributed by atoms with Crippen molar-refractivity contribution in [2.75, 3.05) is 63.0 Å². The van der Waals surface area contributed by atoms with Crippen LogP contribution in [0.5, 0.6) is 0 Å². The Balaban J connectivity index is 1.99. The molecule has 3 aliphatic heterocycles. The van der Waals surface area contributed by atoms with Gasteiger partial charge in [0.05, 0.1) is 6.61 Å². The van der Waals surface area contributed by atoms with Gasteiger partial charge < -0.3 is 52.1 Å². The molecule has 0 spiro atoms. The van der Waals surface area contributed by atoms with E-state index < -0.39 is 61.1 Å². The lowest BCUT2D eigenvalue weighted by Crippen LogP contribution is -2.73. The first-order valence-corrected chi connectivity index (χ1v) is 9.82. The molecule has 3 heterocycles. The Kier molecular flexibility index (Phi) is 8.43. The normalized spacial score (nSPS) is 46.7. The fraction of sp³-hybridized carbons (Fsp3) is 1.00. The monoisotopic (exact) mass is 438 g/mol. The Morgan fingerprint density at radius 1 is 0.733 bits per heavy atom. The Morgan fingerprint density at radius 2 is 1.40 bits per heavy atom. The van der Waals surface area contributed by atoms with E-state index >= 15 is 0 Å². The van der Waals surface area contributed by atoms with Crippen LogP contribution in [0.15, 0.2) is 0 Å². The number of fused-ring (bicyclic) bond motifs is 3. The second kappa shape index (κ2) is 10.5. The zero-order valence-corrected chi connectivity index (χ0v) is 18.6. The van der Waals surface area contributed by atoms with Crippen molar-refractivity contribution in [2.45, 2.75) is 61.1 Å². The SMILES string of the molecule is COC[C@@]12OC[C@H]3O[C@H](OC)[C@H](OC)[C@@H](OC)[C@@H]3O[C@@H](O1)[C@@H](OC)[C@@H](OC)[C@@H]2OC. The second-order valence-electron chi connectivity index (χ2n) is 7.38. The van der Waals surface area contributed by atoms with Gasteiger partial charge in [-0.05, 0) is 0 Å². The van der Waals surface area contributed by atoms with Crippen molar-refractivity contribution in [3.05, 3.63) is 0 Å². The van der Waals surface area contributed by atoms with Gasteiger partial charge in [-0.2, -0.15) is 0 Å². The molecule has 0 radical (unpaired) electrons. The summed E-state index contributed by atoms with van der Waals surface area (Å²) in [6, 6.07) is 0. The summed E-state index contributed by atoms with van der Waals surface area (Å²) in [4.78, 5) is 0. The van der Waals surface area contributed by atoms with Crippen LogP contribution in [0.4, 0.5) is 0 Å². The molecular weight excluding hydrogens is 404 g/mol. The summed E-state index contributed by atoms with van der Waals surface area (Å²) in [7, 11) is 10.9. The number of hydrogen-bond donors (Lipinski definition) is 0. The van der Waals surface area contributed by atoms with Crippen LogP contribution in [0.2, 0.25) is 0 Å².